The van der Waals surface area contributed by atoms with Crippen LogP contribution in [-0.4, -0.2) is 10.9 Å². The maximum Gasteiger partial charge on any atom is 0.272 e. The van der Waals surface area contributed by atoms with E-state index in [0.29, 0.717) is 5.69 Å². The van der Waals surface area contributed by atoms with Crippen LogP contribution in [0.1, 0.15) is 29.0 Å². The van der Waals surface area contributed by atoms with Crippen molar-refractivity contribution in [3.8, 4) is 0 Å². The van der Waals surface area contributed by atoms with E-state index in [1.54, 1.807) is 18.3 Å². The zero-order valence-electron chi connectivity index (χ0n) is 10.4. The van der Waals surface area contributed by atoms with Gasteiger partial charge in [-0.2, -0.15) is 0 Å². The van der Waals surface area contributed by atoms with Gasteiger partial charge in [-0.1, -0.05) is 28.1 Å². The Morgan fingerprint density at radius 1 is 1.32 bits per heavy atom. The van der Waals surface area contributed by atoms with Crippen LogP contribution < -0.4 is 11.1 Å². The normalized spacial score (nSPS) is 11.9. The van der Waals surface area contributed by atoms with Crippen molar-refractivity contribution in [3.63, 3.8) is 0 Å². The average Bonchev–Trinajstić information content (AvgIpc) is 2.39. The number of pyridine rings is 1. The van der Waals surface area contributed by atoms with Crippen LogP contribution in [-0.2, 0) is 0 Å². The molecule has 1 amide bonds. The molecular formula is C14H14BrN3O. The monoisotopic (exact) mass is 319 g/mol. The largest absolute Gasteiger partial charge is 0.397 e. The molecule has 1 heterocycles. The number of halogens is 1. The molecule has 1 aromatic heterocycles. The number of nitrogens with two attached hydrogens (primary N) is 1. The maximum atomic E-state index is 12.1. The molecule has 2 aromatic rings. The number of amides is 1. The van der Waals surface area contributed by atoms with Crippen molar-refractivity contribution in [2.24, 2.45) is 0 Å². The number of carbonyl (C=O) groups excluding carboxylic acids is 1. The van der Waals surface area contributed by atoms with Crippen LogP contribution in [0.5, 0.6) is 0 Å². The third kappa shape index (κ3) is 3.32. The quantitative estimate of drug-likeness (QED) is 0.914. The van der Waals surface area contributed by atoms with E-state index < -0.39 is 0 Å². The van der Waals surface area contributed by atoms with Crippen molar-refractivity contribution < 1.29 is 4.79 Å². The van der Waals surface area contributed by atoms with Gasteiger partial charge >= 0.3 is 0 Å². The van der Waals surface area contributed by atoms with E-state index in [2.05, 4.69) is 26.2 Å². The van der Waals surface area contributed by atoms with Crippen molar-refractivity contribution in [1.82, 2.24) is 10.3 Å². The lowest BCUT2D eigenvalue weighted by Crippen LogP contribution is -2.28. The first-order valence-corrected chi connectivity index (χ1v) is 6.64. The minimum absolute atomic E-state index is 0.109. The minimum atomic E-state index is -0.270. The Morgan fingerprint density at radius 3 is 2.63 bits per heavy atom. The van der Waals surface area contributed by atoms with Crippen LogP contribution in [0.25, 0.3) is 0 Å². The number of hydrogen-bond donors (Lipinski definition) is 2. The Morgan fingerprint density at radius 2 is 2.00 bits per heavy atom. The van der Waals surface area contributed by atoms with Gasteiger partial charge < -0.3 is 11.1 Å². The van der Waals surface area contributed by atoms with Crippen LogP contribution >= 0.6 is 15.9 Å². The molecule has 3 N–H and O–H groups in total. The molecular weight excluding hydrogens is 306 g/mol. The van der Waals surface area contributed by atoms with Gasteiger partial charge in [-0.3, -0.25) is 4.79 Å². The molecule has 0 bridgehead atoms. The summed E-state index contributed by atoms with van der Waals surface area (Å²) in [6.45, 7) is 1.92. The fourth-order valence-electron chi connectivity index (χ4n) is 1.71. The summed E-state index contributed by atoms with van der Waals surface area (Å²) >= 11 is 3.38. The van der Waals surface area contributed by atoms with Gasteiger partial charge in [0.05, 0.1) is 11.7 Å². The molecule has 0 aliphatic rings. The van der Waals surface area contributed by atoms with E-state index in [4.69, 9.17) is 5.73 Å². The van der Waals surface area contributed by atoms with Gasteiger partial charge in [-0.15, -0.1) is 0 Å². The van der Waals surface area contributed by atoms with Crippen LogP contribution in [0.3, 0.4) is 0 Å². The summed E-state index contributed by atoms with van der Waals surface area (Å²) in [5, 5.41) is 2.88. The standard InChI is InChI=1S/C14H14BrN3O/c1-9(10-4-6-11(15)7-5-10)18-14(19)13-12(16)3-2-8-17-13/h2-9H,16H2,1H3,(H,18,19)/t9-/m1/s1. The van der Waals surface area contributed by atoms with Crippen molar-refractivity contribution in [2.75, 3.05) is 5.73 Å². The Bertz CT molecular complexity index is 583. The lowest BCUT2D eigenvalue weighted by Gasteiger charge is -2.14. The van der Waals surface area contributed by atoms with Gasteiger partial charge in [-0.05, 0) is 36.8 Å². The van der Waals surface area contributed by atoms with Crippen LogP contribution in [0.4, 0.5) is 5.69 Å². The second kappa shape index (κ2) is 5.84. The topological polar surface area (TPSA) is 68.0 Å². The zero-order chi connectivity index (χ0) is 13.8. The van der Waals surface area contributed by atoms with Crippen LogP contribution in [0.15, 0.2) is 47.1 Å². The molecule has 0 aliphatic heterocycles. The molecule has 0 spiro atoms. The highest BCUT2D eigenvalue weighted by Crippen LogP contribution is 2.17. The Kier molecular flexibility index (Phi) is 4.16. The highest BCUT2D eigenvalue weighted by atomic mass is 79.9. The van der Waals surface area contributed by atoms with E-state index in [9.17, 15) is 4.79 Å². The highest BCUT2D eigenvalue weighted by molar-refractivity contribution is 9.10. The SMILES string of the molecule is C[C@@H](NC(=O)c1ncccc1N)c1ccc(Br)cc1. The van der Waals surface area contributed by atoms with Gasteiger partial charge in [0.1, 0.15) is 0 Å². The Labute approximate surface area is 120 Å². The van der Waals surface area contributed by atoms with Gasteiger partial charge in [0.2, 0.25) is 0 Å². The first-order chi connectivity index (χ1) is 9.08. The molecule has 0 aliphatic carbocycles. The van der Waals surface area contributed by atoms with E-state index in [0.717, 1.165) is 10.0 Å². The number of nitrogens with zero attached hydrogens (tertiary/aromatic N) is 1. The first kappa shape index (κ1) is 13.5. The smallest absolute Gasteiger partial charge is 0.272 e. The molecule has 0 radical (unpaired) electrons. The summed E-state index contributed by atoms with van der Waals surface area (Å²) in [6.07, 6.45) is 1.55. The second-order valence-corrected chi connectivity index (χ2v) is 5.10. The number of nitrogen functional groups attached to an aromatic ring is 1. The van der Waals surface area contributed by atoms with Crippen molar-refractivity contribution >= 4 is 27.5 Å². The second-order valence-electron chi connectivity index (χ2n) is 4.19. The van der Waals surface area contributed by atoms with Crippen LogP contribution in [0, 0.1) is 0 Å². The third-order valence-corrected chi connectivity index (χ3v) is 3.30. The van der Waals surface area contributed by atoms with E-state index in [1.807, 2.05) is 31.2 Å². The fraction of sp³-hybridized carbons (Fsp3) is 0.143. The number of carbonyl (C=O) groups is 1. The lowest BCUT2D eigenvalue weighted by molar-refractivity contribution is 0.0936. The maximum absolute atomic E-state index is 12.1. The summed E-state index contributed by atoms with van der Waals surface area (Å²) in [5.74, 6) is -0.270. The third-order valence-electron chi connectivity index (χ3n) is 2.77. The van der Waals surface area contributed by atoms with E-state index >= 15 is 0 Å². The first-order valence-electron chi connectivity index (χ1n) is 5.84. The molecule has 4 nitrogen and oxygen atoms in total. The predicted octanol–water partition coefficient (Wildman–Crippen LogP) is 2.92. The van der Waals surface area contributed by atoms with E-state index in [1.165, 1.54) is 0 Å². The van der Waals surface area contributed by atoms with E-state index in [-0.39, 0.29) is 17.6 Å². The van der Waals surface area contributed by atoms with Gasteiger partial charge in [0.25, 0.3) is 5.91 Å². The minimum Gasteiger partial charge on any atom is -0.397 e. The van der Waals surface area contributed by atoms with Gasteiger partial charge in [0, 0.05) is 10.7 Å². The molecule has 0 fully saturated rings. The summed E-state index contributed by atoms with van der Waals surface area (Å²) in [6, 6.07) is 11.0. The number of rotatable bonds is 3. The van der Waals surface area contributed by atoms with Gasteiger partial charge in [-0.25, -0.2) is 4.98 Å². The highest BCUT2D eigenvalue weighted by Gasteiger charge is 2.14. The summed E-state index contributed by atoms with van der Waals surface area (Å²) < 4.78 is 1.00. The zero-order valence-corrected chi connectivity index (χ0v) is 12.0. The number of hydrogen-bond acceptors (Lipinski definition) is 3. The summed E-state index contributed by atoms with van der Waals surface area (Å²) in [7, 11) is 0. The Balaban J connectivity index is 2.11. The molecule has 1 atom stereocenters. The summed E-state index contributed by atoms with van der Waals surface area (Å²) in [4.78, 5) is 16.0. The molecule has 2 rings (SSSR count). The van der Waals surface area contributed by atoms with Gasteiger partial charge in [0.15, 0.2) is 5.69 Å². The number of benzene rings is 1. The Hall–Kier alpha value is -1.88. The molecule has 0 saturated heterocycles. The van der Waals surface area contributed by atoms with Crippen LogP contribution in [0.2, 0.25) is 0 Å². The predicted molar refractivity (Wildman–Crippen MR) is 78.7 cm³/mol. The summed E-state index contributed by atoms with van der Waals surface area (Å²) in [5.41, 5.74) is 7.38. The lowest BCUT2D eigenvalue weighted by atomic mass is 10.1. The average molecular weight is 320 g/mol. The molecule has 19 heavy (non-hydrogen) atoms. The molecule has 0 unspecified atom stereocenters. The van der Waals surface area contributed by atoms with Crippen molar-refractivity contribution in [3.05, 3.63) is 58.3 Å². The molecule has 1 aromatic carbocycles. The van der Waals surface area contributed by atoms with Crippen molar-refractivity contribution in [1.29, 1.82) is 0 Å². The molecule has 98 valence electrons. The number of anilines is 1. The molecule has 5 heteroatoms. The number of aromatic nitrogens is 1. The molecule has 0 saturated carbocycles. The van der Waals surface area contributed by atoms with Crippen molar-refractivity contribution in [2.45, 2.75) is 13.0 Å². The number of nitrogens with one attached hydrogen (secondary N) is 1. The fourth-order valence-corrected chi connectivity index (χ4v) is 1.97.